The van der Waals surface area contributed by atoms with E-state index in [0.717, 1.165) is 28.5 Å². The Balaban J connectivity index is 1.59. The fourth-order valence-electron chi connectivity index (χ4n) is 3.48. The van der Waals surface area contributed by atoms with Gasteiger partial charge in [0.05, 0.1) is 37.6 Å². The number of ether oxygens (including phenoxy) is 2. The average Bonchev–Trinajstić information content (AvgIpc) is 3.38. The summed E-state index contributed by atoms with van der Waals surface area (Å²) < 4.78 is 15.4. The largest absolute Gasteiger partial charge is 0.379 e. The fraction of sp³-hybridized carbons (Fsp3) is 0.429. The van der Waals surface area contributed by atoms with Crippen LogP contribution in [0.2, 0.25) is 0 Å². The summed E-state index contributed by atoms with van der Waals surface area (Å²) in [6, 6.07) is 15.9. The maximum Gasteiger partial charge on any atom is 0.113 e. The predicted molar refractivity (Wildman–Crippen MR) is 113 cm³/mol. The summed E-state index contributed by atoms with van der Waals surface area (Å²) in [5.74, 6) is 0. The van der Waals surface area contributed by atoms with Crippen molar-refractivity contribution >= 4 is 22.1 Å². The maximum absolute atomic E-state index is 6.16. The monoisotopic (exact) mass is 409 g/mol. The first-order chi connectivity index (χ1) is 14.8. The lowest BCUT2D eigenvalue weighted by Gasteiger charge is -2.30. The third-order valence-corrected chi connectivity index (χ3v) is 4.97. The third kappa shape index (κ3) is 4.48. The quantitative estimate of drug-likeness (QED) is 0.278. The summed E-state index contributed by atoms with van der Waals surface area (Å²) in [4.78, 5) is 2.19. The van der Waals surface area contributed by atoms with Gasteiger partial charge in [-0.2, -0.15) is 0 Å². The highest BCUT2D eigenvalue weighted by molar-refractivity contribution is 5.74. The standard InChI is InChI=1S/C21H27N7O2/c1-3-21(30-14-13-29-4-2)26(15-27-19-11-7-5-9-17(19)22-24-27)16-28-20-12-8-6-10-18(20)23-25-28/h5-12,21H,3-4,13-16H2,1-2H3. The molecule has 0 fully saturated rings. The van der Waals surface area contributed by atoms with Crippen molar-refractivity contribution in [2.45, 2.75) is 39.8 Å². The zero-order valence-corrected chi connectivity index (χ0v) is 17.4. The van der Waals surface area contributed by atoms with Gasteiger partial charge in [-0.3, -0.25) is 0 Å². The van der Waals surface area contributed by atoms with Crippen LogP contribution in [0.1, 0.15) is 20.3 Å². The molecule has 2 aromatic carbocycles. The highest BCUT2D eigenvalue weighted by atomic mass is 16.5. The lowest BCUT2D eigenvalue weighted by Crippen LogP contribution is -2.40. The first kappa shape index (κ1) is 20.4. The van der Waals surface area contributed by atoms with E-state index in [9.17, 15) is 0 Å². The highest BCUT2D eigenvalue weighted by Crippen LogP contribution is 2.17. The van der Waals surface area contributed by atoms with Crippen molar-refractivity contribution in [2.24, 2.45) is 0 Å². The molecule has 0 aliphatic rings. The summed E-state index contributed by atoms with van der Waals surface area (Å²) in [5.41, 5.74) is 3.70. The van der Waals surface area contributed by atoms with E-state index in [1.165, 1.54) is 0 Å². The zero-order valence-electron chi connectivity index (χ0n) is 17.4. The van der Waals surface area contributed by atoms with Gasteiger partial charge >= 0.3 is 0 Å². The Morgan fingerprint density at radius 3 is 1.93 bits per heavy atom. The minimum Gasteiger partial charge on any atom is -0.379 e. The van der Waals surface area contributed by atoms with Gasteiger partial charge in [0, 0.05) is 6.61 Å². The summed E-state index contributed by atoms with van der Waals surface area (Å²) in [7, 11) is 0. The molecule has 0 bridgehead atoms. The van der Waals surface area contributed by atoms with Crippen LogP contribution in [0.4, 0.5) is 0 Å². The average molecular weight is 409 g/mol. The molecule has 0 aliphatic heterocycles. The molecule has 0 saturated heterocycles. The summed E-state index contributed by atoms with van der Waals surface area (Å²) in [6.45, 7) is 6.90. The van der Waals surface area contributed by atoms with E-state index in [1.54, 1.807) is 0 Å². The van der Waals surface area contributed by atoms with E-state index in [0.29, 0.717) is 33.2 Å². The molecule has 0 saturated carbocycles. The minimum atomic E-state index is -0.128. The molecule has 1 atom stereocenters. The van der Waals surface area contributed by atoms with E-state index in [4.69, 9.17) is 9.47 Å². The second-order valence-electron chi connectivity index (χ2n) is 6.96. The Morgan fingerprint density at radius 1 is 0.833 bits per heavy atom. The van der Waals surface area contributed by atoms with Gasteiger partial charge in [0.1, 0.15) is 17.3 Å². The first-order valence-electron chi connectivity index (χ1n) is 10.3. The zero-order chi connectivity index (χ0) is 20.8. The van der Waals surface area contributed by atoms with Gasteiger partial charge in [-0.15, -0.1) is 10.2 Å². The number of benzene rings is 2. The second kappa shape index (κ2) is 9.75. The maximum atomic E-state index is 6.16. The van der Waals surface area contributed by atoms with Gasteiger partial charge in [0.25, 0.3) is 0 Å². The number of hydrogen-bond donors (Lipinski definition) is 0. The molecule has 0 radical (unpaired) electrons. The molecule has 30 heavy (non-hydrogen) atoms. The molecule has 2 aromatic heterocycles. The lowest BCUT2D eigenvalue weighted by atomic mass is 10.3. The molecule has 9 heteroatoms. The number of aromatic nitrogens is 6. The van der Waals surface area contributed by atoms with Crippen LogP contribution < -0.4 is 0 Å². The van der Waals surface area contributed by atoms with Crippen molar-refractivity contribution in [3.05, 3.63) is 48.5 Å². The highest BCUT2D eigenvalue weighted by Gasteiger charge is 2.21. The molecule has 9 nitrogen and oxygen atoms in total. The van der Waals surface area contributed by atoms with E-state index < -0.39 is 0 Å². The van der Waals surface area contributed by atoms with E-state index >= 15 is 0 Å². The van der Waals surface area contributed by atoms with E-state index in [-0.39, 0.29) is 6.23 Å². The van der Waals surface area contributed by atoms with Crippen molar-refractivity contribution < 1.29 is 9.47 Å². The van der Waals surface area contributed by atoms with E-state index in [1.807, 2.05) is 64.8 Å². The lowest BCUT2D eigenvalue weighted by molar-refractivity contribution is -0.104. The third-order valence-electron chi connectivity index (χ3n) is 4.97. The molecule has 4 rings (SSSR count). The summed E-state index contributed by atoms with van der Waals surface area (Å²) >= 11 is 0. The van der Waals surface area contributed by atoms with Crippen LogP contribution >= 0.6 is 0 Å². The molecule has 0 spiro atoms. The number of para-hydroxylation sites is 2. The summed E-state index contributed by atoms with van der Waals surface area (Å²) in [5, 5.41) is 17.3. The van der Waals surface area contributed by atoms with Crippen LogP contribution in [0.5, 0.6) is 0 Å². The molecular weight excluding hydrogens is 382 g/mol. The van der Waals surface area contributed by atoms with Crippen molar-refractivity contribution in [3.63, 3.8) is 0 Å². The van der Waals surface area contributed by atoms with Crippen LogP contribution in [0.3, 0.4) is 0 Å². The van der Waals surface area contributed by atoms with Crippen LogP contribution in [0.25, 0.3) is 22.1 Å². The van der Waals surface area contributed by atoms with Crippen molar-refractivity contribution in [3.8, 4) is 0 Å². The molecule has 0 amide bonds. The minimum absolute atomic E-state index is 0.128. The van der Waals surface area contributed by atoms with Gasteiger partial charge in [-0.25, -0.2) is 14.3 Å². The van der Waals surface area contributed by atoms with Gasteiger partial charge in [0.2, 0.25) is 0 Å². The SMILES string of the molecule is CCOCCOC(CC)N(Cn1nnc2ccccc21)Cn1nnc2ccccc21. The smallest absolute Gasteiger partial charge is 0.113 e. The summed E-state index contributed by atoms with van der Waals surface area (Å²) in [6.07, 6.45) is 0.683. The predicted octanol–water partition coefficient (Wildman–Crippen LogP) is 2.88. The normalized spacial score (nSPS) is 12.9. The molecule has 158 valence electrons. The van der Waals surface area contributed by atoms with Crippen LogP contribution in [0.15, 0.2) is 48.5 Å². The molecule has 4 aromatic rings. The topological polar surface area (TPSA) is 83.1 Å². The molecule has 1 unspecified atom stereocenters. The number of rotatable bonds is 11. The number of fused-ring (bicyclic) bond motifs is 2. The molecule has 0 N–H and O–H groups in total. The Kier molecular flexibility index (Phi) is 6.63. The Morgan fingerprint density at radius 2 is 1.40 bits per heavy atom. The van der Waals surface area contributed by atoms with Crippen LogP contribution in [-0.2, 0) is 22.8 Å². The van der Waals surface area contributed by atoms with Gasteiger partial charge < -0.3 is 9.47 Å². The number of nitrogens with zero attached hydrogens (tertiary/aromatic N) is 7. The van der Waals surface area contributed by atoms with Crippen molar-refractivity contribution in [1.82, 2.24) is 34.9 Å². The van der Waals surface area contributed by atoms with Crippen LogP contribution in [0, 0.1) is 0 Å². The molecule has 0 aliphatic carbocycles. The Bertz CT molecular complexity index is 1000. The van der Waals surface area contributed by atoms with Crippen LogP contribution in [-0.4, -0.2) is 60.9 Å². The van der Waals surface area contributed by atoms with Gasteiger partial charge in [0.15, 0.2) is 0 Å². The Hall–Kier alpha value is -2.88. The molecular formula is C21H27N7O2. The second-order valence-corrected chi connectivity index (χ2v) is 6.96. The first-order valence-corrected chi connectivity index (χ1v) is 10.3. The van der Waals surface area contributed by atoms with Crippen molar-refractivity contribution in [2.75, 3.05) is 19.8 Å². The molecule has 2 heterocycles. The van der Waals surface area contributed by atoms with Gasteiger partial charge in [-0.05, 0) is 37.6 Å². The Labute approximate surface area is 175 Å². The fourth-order valence-corrected chi connectivity index (χ4v) is 3.48. The number of hydrogen-bond acceptors (Lipinski definition) is 7. The van der Waals surface area contributed by atoms with E-state index in [2.05, 4.69) is 32.4 Å². The van der Waals surface area contributed by atoms with Crippen molar-refractivity contribution in [1.29, 1.82) is 0 Å². The van der Waals surface area contributed by atoms with Gasteiger partial charge in [-0.1, -0.05) is 41.6 Å².